The standard InChI is InChI=1S/C13H12FN3O2/c1-9-6-7-12(17(18)19)13(16-9)15-8-10-4-2-3-5-11(10)14/h2-7H,8H2,1H3,(H,15,16). The maximum Gasteiger partial charge on any atom is 0.311 e. The average Bonchev–Trinajstić information content (AvgIpc) is 2.37. The Morgan fingerprint density at radius 2 is 2.05 bits per heavy atom. The number of nitro groups is 1. The molecule has 0 atom stereocenters. The number of halogens is 1. The van der Waals surface area contributed by atoms with E-state index in [0.29, 0.717) is 11.3 Å². The SMILES string of the molecule is Cc1ccc([N+](=O)[O-])c(NCc2ccccc2F)n1. The molecule has 0 saturated heterocycles. The third-order valence-corrected chi connectivity index (χ3v) is 2.61. The number of pyridine rings is 1. The van der Waals surface area contributed by atoms with E-state index >= 15 is 0 Å². The lowest BCUT2D eigenvalue weighted by atomic mass is 10.2. The third kappa shape index (κ3) is 3.04. The Hall–Kier alpha value is -2.50. The number of hydrogen-bond acceptors (Lipinski definition) is 4. The highest BCUT2D eigenvalue weighted by Gasteiger charge is 2.15. The Kier molecular flexibility index (Phi) is 3.70. The van der Waals surface area contributed by atoms with Gasteiger partial charge in [-0.3, -0.25) is 10.1 Å². The van der Waals surface area contributed by atoms with Crippen LogP contribution in [0.2, 0.25) is 0 Å². The van der Waals surface area contributed by atoms with E-state index in [1.54, 1.807) is 31.2 Å². The molecule has 98 valence electrons. The Labute approximate surface area is 109 Å². The Balaban J connectivity index is 2.22. The fourth-order valence-corrected chi connectivity index (χ4v) is 1.65. The summed E-state index contributed by atoms with van der Waals surface area (Å²) in [5, 5.41) is 13.7. The van der Waals surface area contributed by atoms with Gasteiger partial charge >= 0.3 is 5.69 Å². The van der Waals surface area contributed by atoms with E-state index in [4.69, 9.17) is 0 Å². The number of rotatable bonds is 4. The molecule has 2 aromatic rings. The van der Waals surface area contributed by atoms with E-state index in [-0.39, 0.29) is 23.9 Å². The summed E-state index contributed by atoms with van der Waals surface area (Å²) in [7, 11) is 0. The third-order valence-electron chi connectivity index (χ3n) is 2.61. The Bertz CT molecular complexity index is 617. The molecule has 5 nitrogen and oxygen atoms in total. The number of anilines is 1. The van der Waals surface area contributed by atoms with Gasteiger partial charge < -0.3 is 5.32 Å². The molecule has 0 saturated carbocycles. The van der Waals surface area contributed by atoms with E-state index in [2.05, 4.69) is 10.3 Å². The van der Waals surface area contributed by atoms with Gasteiger partial charge in [-0.2, -0.15) is 0 Å². The van der Waals surface area contributed by atoms with Crippen molar-refractivity contribution in [3.63, 3.8) is 0 Å². The van der Waals surface area contributed by atoms with Crippen LogP contribution in [0.1, 0.15) is 11.3 Å². The molecule has 1 heterocycles. The van der Waals surface area contributed by atoms with Crippen LogP contribution in [0.25, 0.3) is 0 Å². The van der Waals surface area contributed by atoms with Crippen molar-refractivity contribution in [1.29, 1.82) is 0 Å². The maximum atomic E-state index is 13.4. The number of hydrogen-bond donors (Lipinski definition) is 1. The average molecular weight is 261 g/mol. The molecule has 0 spiro atoms. The summed E-state index contributed by atoms with van der Waals surface area (Å²) in [4.78, 5) is 14.4. The monoisotopic (exact) mass is 261 g/mol. The van der Waals surface area contributed by atoms with Crippen molar-refractivity contribution in [3.8, 4) is 0 Å². The van der Waals surface area contributed by atoms with Gasteiger partial charge in [0.25, 0.3) is 0 Å². The van der Waals surface area contributed by atoms with Crippen molar-refractivity contribution >= 4 is 11.5 Å². The van der Waals surface area contributed by atoms with Crippen LogP contribution < -0.4 is 5.32 Å². The van der Waals surface area contributed by atoms with Crippen LogP contribution in [0, 0.1) is 22.9 Å². The smallest absolute Gasteiger partial charge is 0.311 e. The summed E-state index contributed by atoms with van der Waals surface area (Å²) in [5.41, 5.74) is 0.962. The minimum Gasteiger partial charge on any atom is -0.360 e. The molecule has 19 heavy (non-hydrogen) atoms. The first-order chi connectivity index (χ1) is 9.08. The topological polar surface area (TPSA) is 68.1 Å². The number of aromatic nitrogens is 1. The van der Waals surface area contributed by atoms with Crippen LogP contribution in [0.4, 0.5) is 15.9 Å². The zero-order valence-corrected chi connectivity index (χ0v) is 10.3. The molecule has 0 aliphatic rings. The van der Waals surface area contributed by atoms with Gasteiger partial charge in [0.05, 0.1) is 4.92 Å². The first-order valence-corrected chi connectivity index (χ1v) is 5.67. The first kappa shape index (κ1) is 12.9. The lowest BCUT2D eigenvalue weighted by Crippen LogP contribution is -2.06. The quantitative estimate of drug-likeness (QED) is 0.678. The summed E-state index contributed by atoms with van der Waals surface area (Å²) >= 11 is 0. The lowest BCUT2D eigenvalue weighted by molar-refractivity contribution is -0.384. The number of benzene rings is 1. The second-order valence-electron chi connectivity index (χ2n) is 4.02. The fraction of sp³-hybridized carbons (Fsp3) is 0.154. The van der Waals surface area contributed by atoms with Gasteiger partial charge in [0.15, 0.2) is 0 Å². The van der Waals surface area contributed by atoms with E-state index in [9.17, 15) is 14.5 Å². The van der Waals surface area contributed by atoms with Gasteiger partial charge in [0, 0.05) is 23.9 Å². The summed E-state index contributed by atoms with van der Waals surface area (Å²) in [5.74, 6) is -0.210. The van der Waals surface area contributed by atoms with Crippen LogP contribution in [0.5, 0.6) is 0 Å². The molecule has 0 radical (unpaired) electrons. The zero-order chi connectivity index (χ0) is 13.8. The van der Waals surface area contributed by atoms with Gasteiger partial charge in [0.2, 0.25) is 5.82 Å². The van der Waals surface area contributed by atoms with E-state index in [1.165, 1.54) is 12.1 Å². The summed E-state index contributed by atoms with van der Waals surface area (Å²) in [6, 6.07) is 9.20. The van der Waals surface area contributed by atoms with Crippen LogP contribution in [-0.4, -0.2) is 9.91 Å². The van der Waals surface area contributed by atoms with Crippen molar-refractivity contribution < 1.29 is 9.31 Å². The van der Waals surface area contributed by atoms with Crippen molar-refractivity contribution in [2.24, 2.45) is 0 Å². The van der Waals surface area contributed by atoms with E-state index in [1.807, 2.05) is 0 Å². The second-order valence-corrected chi connectivity index (χ2v) is 4.02. The van der Waals surface area contributed by atoms with Crippen LogP contribution in [0.3, 0.4) is 0 Å². The maximum absolute atomic E-state index is 13.4. The number of nitrogens with zero attached hydrogens (tertiary/aromatic N) is 2. The molecule has 0 aliphatic carbocycles. The van der Waals surface area contributed by atoms with Crippen LogP contribution in [-0.2, 0) is 6.54 Å². The molecular weight excluding hydrogens is 249 g/mol. The van der Waals surface area contributed by atoms with Gasteiger partial charge in [-0.05, 0) is 19.1 Å². The molecule has 6 heteroatoms. The lowest BCUT2D eigenvalue weighted by Gasteiger charge is -2.07. The molecule has 0 aliphatic heterocycles. The summed E-state index contributed by atoms with van der Waals surface area (Å²) in [6.07, 6.45) is 0. The summed E-state index contributed by atoms with van der Waals surface area (Å²) in [6.45, 7) is 1.88. The molecule has 1 aromatic carbocycles. The Morgan fingerprint density at radius 1 is 1.32 bits per heavy atom. The predicted molar refractivity (Wildman–Crippen MR) is 69.4 cm³/mol. The minimum atomic E-state index is -0.518. The molecule has 0 amide bonds. The summed E-state index contributed by atoms with van der Waals surface area (Å²) < 4.78 is 13.4. The molecule has 1 aromatic heterocycles. The molecule has 2 rings (SSSR count). The van der Waals surface area contributed by atoms with Crippen molar-refractivity contribution in [2.45, 2.75) is 13.5 Å². The largest absolute Gasteiger partial charge is 0.360 e. The first-order valence-electron chi connectivity index (χ1n) is 5.67. The highest BCUT2D eigenvalue weighted by Crippen LogP contribution is 2.22. The molecular formula is C13H12FN3O2. The molecule has 0 fully saturated rings. The minimum absolute atomic E-state index is 0.123. The number of nitrogens with one attached hydrogen (secondary N) is 1. The van der Waals surface area contributed by atoms with E-state index < -0.39 is 4.92 Å². The van der Waals surface area contributed by atoms with Crippen molar-refractivity contribution in [3.05, 3.63) is 63.6 Å². The normalized spacial score (nSPS) is 10.2. The second kappa shape index (κ2) is 5.43. The molecule has 1 N–H and O–H groups in total. The van der Waals surface area contributed by atoms with Gasteiger partial charge in [-0.25, -0.2) is 9.37 Å². The van der Waals surface area contributed by atoms with Crippen molar-refractivity contribution in [2.75, 3.05) is 5.32 Å². The highest BCUT2D eigenvalue weighted by atomic mass is 19.1. The fourth-order valence-electron chi connectivity index (χ4n) is 1.65. The van der Waals surface area contributed by atoms with Gasteiger partial charge in [0.1, 0.15) is 5.82 Å². The zero-order valence-electron chi connectivity index (χ0n) is 10.3. The van der Waals surface area contributed by atoms with Gasteiger partial charge in [-0.15, -0.1) is 0 Å². The van der Waals surface area contributed by atoms with Gasteiger partial charge in [-0.1, -0.05) is 18.2 Å². The molecule has 0 unspecified atom stereocenters. The number of aryl methyl sites for hydroxylation is 1. The van der Waals surface area contributed by atoms with Crippen molar-refractivity contribution in [1.82, 2.24) is 4.98 Å². The van der Waals surface area contributed by atoms with Crippen LogP contribution >= 0.6 is 0 Å². The van der Waals surface area contributed by atoms with Crippen LogP contribution in [0.15, 0.2) is 36.4 Å². The highest BCUT2D eigenvalue weighted by molar-refractivity contribution is 5.56. The Morgan fingerprint density at radius 3 is 2.74 bits per heavy atom. The van der Waals surface area contributed by atoms with E-state index in [0.717, 1.165) is 0 Å². The molecule has 0 bridgehead atoms. The predicted octanol–water partition coefficient (Wildman–Crippen LogP) is 3.05.